The summed E-state index contributed by atoms with van der Waals surface area (Å²) in [6, 6.07) is 14.3. The molecule has 0 atom stereocenters. The molecule has 2 heterocycles. The summed E-state index contributed by atoms with van der Waals surface area (Å²) in [4.78, 5) is 23.1. The monoisotopic (exact) mass is 450 g/mol. The van der Waals surface area contributed by atoms with E-state index in [-0.39, 0.29) is 5.91 Å². The molecule has 0 saturated carbocycles. The standard InChI is InChI=1S/C25H30N4O2S/c1-18-6-9-20(10-7-18)24-26-23(31-27-24)5-4-12-28-13-15-29(16-14-28)25(30)22-17-21(32-3)11-8-19(22)2/h6-11,17H,4-5,12-16H2,1-3H3. The van der Waals surface area contributed by atoms with Gasteiger partial charge in [-0.15, -0.1) is 11.8 Å². The van der Waals surface area contributed by atoms with Crippen LogP contribution in [-0.4, -0.2) is 64.8 Å². The van der Waals surface area contributed by atoms with E-state index in [0.717, 1.165) is 67.2 Å². The van der Waals surface area contributed by atoms with Crippen molar-refractivity contribution in [1.82, 2.24) is 19.9 Å². The van der Waals surface area contributed by atoms with Gasteiger partial charge in [0.2, 0.25) is 11.7 Å². The van der Waals surface area contributed by atoms with Crippen molar-refractivity contribution in [3.63, 3.8) is 0 Å². The minimum absolute atomic E-state index is 0.146. The third kappa shape index (κ3) is 5.40. The first kappa shape index (κ1) is 22.6. The van der Waals surface area contributed by atoms with Crippen LogP contribution in [0.5, 0.6) is 0 Å². The predicted molar refractivity (Wildman–Crippen MR) is 128 cm³/mol. The Bertz CT molecular complexity index is 1060. The van der Waals surface area contributed by atoms with Gasteiger partial charge < -0.3 is 9.42 Å². The van der Waals surface area contributed by atoms with Gasteiger partial charge in [-0.2, -0.15) is 4.98 Å². The van der Waals surface area contributed by atoms with Crippen molar-refractivity contribution in [2.75, 3.05) is 39.0 Å². The summed E-state index contributed by atoms with van der Waals surface area (Å²) >= 11 is 1.67. The summed E-state index contributed by atoms with van der Waals surface area (Å²) in [6.45, 7) is 8.35. The minimum atomic E-state index is 0.146. The normalized spacial score (nSPS) is 14.7. The summed E-state index contributed by atoms with van der Waals surface area (Å²) in [5, 5.41) is 4.11. The van der Waals surface area contributed by atoms with Gasteiger partial charge in [-0.05, 0) is 50.8 Å². The maximum absolute atomic E-state index is 13.0. The van der Waals surface area contributed by atoms with Gasteiger partial charge in [0.25, 0.3) is 5.91 Å². The van der Waals surface area contributed by atoms with Gasteiger partial charge in [-0.3, -0.25) is 9.69 Å². The van der Waals surface area contributed by atoms with Crippen LogP contribution in [0.15, 0.2) is 51.9 Å². The fourth-order valence-corrected chi connectivity index (χ4v) is 4.37. The van der Waals surface area contributed by atoms with Crippen molar-refractivity contribution in [2.45, 2.75) is 31.6 Å². The van der Waals surface area contributed by atoms with Gasteiger partial charge in [0.1, 0.15) is 0 Å². The van der Waals surface area contributed by atoms with Gasteiger partial charge in [0.05, 0.1) is 0 Å². The molecule has 1 amide bonds. The number of rotatable bonds is 7. The van der Waals surface area contributed by atoms with E-state index in [2.05, 4.69) is 40.2 Å². The van der Waals surface area contributed by atoms with Crippen molar-refractivity contribution in [3.8, 4) is 11.4 Å². The number of carbonyl (C=O) groups is 1. The number of piperazine rings is 1. The fourth-order valence-electron chi connectivity index (χ4n) is 3.93. The zero-order chi connectivity index (χ0) is 22.5. The number of nitrogens with zero attached hydrogens (tertiary/aromatic N) is 4. The summed E-state index contributed by atoms with van der Waals surface area (Å²) in [7, 11) is 0. The molecule has 0 aliphatic carbocycles. The molecule has 3 aromatic rings. The summed E-state index contributed by atoms with van der Waals surface area (Å²) in [6.07, 6.45) is 3.76. The Hall–Kier alpha value is -2.64. The number of aryl methyl sites for hydroxylation is 3. The second kappa shape index (κ2) is 10.3. The molecule has 4 rings (SSSR count). The molecule has 1 saturated heterocycles. The second-order valence-corrected chi connectivity index (χ2v) is 9.18. The molecule has 168 valence electrons. The summed E-state index contributed by atoms with van der Waals surface area (Å²) in [5.41, 5.74) is 4.05. The Morgan fingerprint density at radius 2 is 1.81 bits per heavy atom. The molecule has 0 spiro atoms. The lowest BCUT2D eigenvalue weighted by atomic mass is 10.1. The number of aromatic nitrogens is 2. The maximum Gasteiger partial charge on any atom is 0.254 e. The molecule has 0 radical (unpaired) electrons. The number of thioether (sulfide) groups is 1. The molecule has 0 bridgehead atoms. The molecular weight excluding hydrogens is 420 g/mol. The lowest BCUT2D eigenvalue weighted by Gasteiger charge is -2.35. The van der Waals surface area contributed by atoms with Gasteiger partial charge in [0, 0.05) is 48.6 Å². The average molecular weight is 451 g/mol. The van der Waals surface area contributed by atoms with Crippen molar-refractivity contribution >= 4 is 17.7 Å². The highest BCUT2D eigenvalue weighted by Gasteiger charge is 2.23. The van der Waals surface area contributed by atoms with Crippen LogP contribution in [0.1, 0.15) is 33.8 Å². The molecular formula is C25H30N4O2S. The Labute approximate surface area is 194 Å². The van der Waals surface area contributed by atoms with Gasteiger partial charge in [-0.25, -0.2) is 0 Å². The van der Waals surface area contributed by atoms with Gasteiger partial charge in [0.15, 0.2) is 0 Å². The largest absolute Gasteiger partial charge is 0.339 e. The van der Waals surface area contributed by atoms with E-state index in [1.165, 1.54) is 5.56 Å². The Morgan fingerprint density at radius 3 is 2.53 bits per heavy atom. The number of benzene rings is 2. The van der Waals surface area contributed by atoms with E-state index < -0.39 is 0 Å². The average Bonchev–Trinajstić information content (AvgIpc) is 3.29. The van der Waals surface area contributed by atoms with Crippen molar-refractivity contribution in [3.05, 3.63) is 65.0 Å². The van der Waals surface area contributed by atoms with E-state index in [1.807, 2.05) is 42.3 Å². The van der Waals surface area contributed by atoms with Crippen molar-refractivity contribution < 1.29 is 9.32 Å². The zero-order valence-electron chi connectivity index (χ0n) is 19.0. The van der Waals surface area contributed by atoms with Gasteiger partial charge >= 0.3 is 0 Å². The molecule has 1 aliphatic rings. The molecule has 6 nitrogen and oxygen atoms in total. The lowest BCUT2D eigenvalue weighted by Crippen LogP contribution is -2.49. The topological polar surface area (TPSA) is 62.5 Å². The van der Waals surface area contributed by atoms with Crippen LogP contribution in [0.25, 0.3) is 11.4 Å². The fraction of sp³-hybridized carbons (Fsp3) is 0.400. The van der Waals surface area contributed by atoms with Crippen LogP contribution in [0.2, 0.25) is 0 Å². The molecule has 2 aromatic carbocycles. The zero-order valence-corrected chi connectivity index (χ0v) is 19.8. The van der Waals surface area contributed by atoms with E-state index in [9.17, 15) is 4.79 Å². The van der Waals surface area contributed by atoms with Gasteiger partial charge in [-0.1, -0.05) is 41.1 Å². The number of amides is 1. The molecule has 0 unspecified atom stereocenters. The smallest absolute Gasteiger partial charge is 0.254 e. The van der Waals surface area contributed by atoms with Crippen LogP contribution in [-0.2, 0) is 6.42 Å². The molecule has 32 heavy (non-hydrogen) atoms. The number of carbonyl (C=O) groups excluding carboxylic acids is 1. The van der Waals surface area contributed by atoms with E-state index in [4.69, 9.17) is 4.52 Å². The SMILES string of the molecule is CSc1ccc(C)c(C(=O)N2CCN(CCCc3nc(-c4ccc(C)cc4)no3)CC2)c1. The highest BCUT2D eigenvalue weighted by molar-refractivity contribution is 7.98. The first-order valence-electron chi connectivity index (χ1n) is 11.1. The summed E-state index contributed by atoms with van der Waals surface area (Å²) < 4.78 is 5.43. The summed E-state index contributed by atoms with van der Waals surface area (Å²) in [5.74, 6) is 1.47. The van der Waals surface area contributed by atoms with E-state index in [1.54, 1.807) is 11.8 Å². The molecule has 7 heteroatoms. The van der Waals surface area contributed by atoms with Crippen LogP contribution in [0.4, 0.5) is 0 Å². The molecule has 0 N–H and O–H groups in total. The van der Waals surface area contributed by atoms with Crippen molar-refractivity contribution in [2.24, 2.45) is 0 Å². The quantitative estimate of drug-likeness (QED) is 0.495. The molecule has 1 aromatic heterocycles. The van der Waals surface area contributed by atoms with Crippen LogP contribution >= 0.6 is 11.8 Å². The second-order valence-electron chi connectivity index (χ2n) is 8.30. The Balaban J connectivity index is 1.24. The van der Waals surface area contributed by atoms with Crippen LogP contribution in [0, 0.1) is 13.8 Å². The lowest BCUT2D eigenvalue weighted by molar-refractivity contribution is 0.0634. The molecule has 1 fully saturated rings. The maximum atomic E-state index is 13.0. The Kier molecular flexibility index (Phi) is 7.27. The van der Waals surface area contributed by atoms with Crippen LogP contribution in [0.3, 0.4) is 0 Å². The third-order valence-electron chi connectivity index (χ3n) is 5.98. The van der Waals surface area contributed by atoms with Crippen molar-refractivity contribution in [1.29, 1.82) is 0 Å². The van der Waals surface area contributed by atoms with E-state index >= 15 is 0 Å². The minimum Gasteiger partial charge on any atom is -0.339 e. The van der Waals surface area contributed by atoms with E-state index in [0.29, 0.717) is 11.7 Å². The highest BCUT2D eigenvalue weighted by Crippen LogP contribution is 2.21. The third-order valence-corrected chi connectivity index (χ3v) is 6.70. The first-order chi connectivity index (χ1) is 15.5. The predicted octanol–water partition coefficient (Wildman–Crippen LogP) is 4.47. The number of hydrogen-bond acceptors (Lipinski definition) is 6. The first-order valence-corrected chi connectivity index (χ1v) is 12.3. The highest BCUT2D eigenvalue weighted by atomic mass is 32.2. The van der Waals surface area contributed by atoms with Crippen LogP contribution < -0.4 is 0 Å². The molecule has 1 aliphatic heterocycles. The Morgan fingerprint density at radius 1 is 1.06 bits per heavy atom. The number of hydrogen-bond donors (Lipinski definition) is 0.